The molecule has 0 unspecified atom stereocenters. The van der Waals surface area contributed by atoms with E-state index in [0.29, 0.717) is 37.4 Å². The predicted molar refractivity (Wildman–Crippen MR) is 119 cm³/mol. The zero-order valence-corrected chi connectivity index (χ0v) is 18.3. The number of carbonyl (C=O) groups excluding carboxylic acids is 2. The smallest absolute Gasteiger partial charge is 0.242 e. The fraction of sp³-hybridized carbons (Fsp3) is 0.417. The Kier molecular flexibility index (Phi) is 9.20. The predicted octanol–water partition coefficient (Wildman–Crippen LogP) is 4.91. The van der Waals surface area contributed by atoms with E-state index in [-0.39, 0.29) is 11.8 Å². The zero-order chi connectivity index (χ0) is 21.2. The molecule has 0 saturated heterocycles. The molecule has 0 heterocycles. The molecule has 0 bridgehead atoms. The number of hydrogen-bond acceptors (Lipinski definition) is 2. The van der Waals surface area contributed by atoms with Gasteiger partial charge in [0.2, 0.25) is 11.8 Å². The van der Waals surface area contributed by atoms with Crippen molar-refractivity contribution < 1.29 is 9.59 Å². The highest BCUT2D eigenvalue weighted by Gasteiger charge is 2.28. The summed E-state index contributed by atoms with van der Waals surface area (Å²) in [5.41, 5.74) is 3.16. The summed E-state index contributed by atoms with van der Waals surface area (Å²) in [5.74, 6) is -0.144. The number of rotatable bonds is 10. The van der Waals surface area contributed by atoms with Gasteiger partial charge in [0.1, 0.15) is 6.04 Å². The number of amides is 2. The summed E-state index contributed by atoms with van der Waals surface area (Å²) < 4.78 is 0. The first-order valence-corrected chi connectivity index (χ1v) is 10.7. The fourth-order valence-electron chi connectivity index (χ4n) is 3.25. The van der Waals surface area contributed by atoms with Crippen LogP contribution in [0, 0.1) is 6.92 Å². The first-order chi connectivity index (χ1) is 14.0. The molecular weight excluding hydrogens is 384 g/mol. The van der Waals surface area contributed by atoms with Crippen LogP contribution in [0.5, 0.6) is 0 Å². The topological polar surface area (TPSA) is 49.4 Å². The van der Waals surface area contributed by atoms with Crippen molar-refractivity contribution in [3.63, 3.8) is 0 Å². The van der Waals surface area contributed by atoms with E-state index in [1.165, 1.54) is 5.56 Å². The summed E-state index contributed by atoms with van der Waals surface area (Å²) in [5, 5.41) is 3.54. The Labute approximate surface area is 179 Å². The molecule has 0 fully saturated rings. The molecule has 1 N–H and O–H groups in total. The average Bonchev–Trinajstić information content (AvgIpc) is 2.72. The Hall–Kier alpha value is -2.33. The minimum Gasteiger partial charge on any atom is -0.354 e. The van der Waals surface area contributed by atoms with E-state index in [4.69, 9.17) is 11.6 Å². The quantitative estimate of drug-likeness (QED) is 0.600. The lowest BCUT2D eigenvalue weighted by molar-refractivity contribution is -0.141. The Morgan fingerprint density at radius 3 is 2.38 bits per heavy atom. The minimum absolute atomic E-state index is 0.0380. The standard InChI is InChI=1S/C24H31ClN2O2/c1-4-16-26-24(29)22(5-2)27(17-20-8-6-7-9-21(20)25)23(28)15-14-19-12-10-18(3)11-13-19/h6-13,22H,4-5,14-17H2,1-3H3,(H,26,29)/t22-/m0/s1. The summed E-state index contributed by atoms with van der Waals surface area (Å²) >= 11 is 6.33. The number of nitrogens with zero attached hydrogens (tertiary/aromatic N) is 1. The maximum atomic E-state index is 13.2. The molecule has 0 radical (unpaired) electrons. The summed E-state index contributed by atoms with van der Waals surface area (Å²) in [7, 11) is 0. The Balaban J connectivity index is 2.19. The van der Waals surface area contributed by atoms with Gasteiger partial charge < -0.3 is 10.2 Å². The van der Waals surface area contributed by atoms with E-state index in [0.717, 1.165) is 17.5 Å². The highest BCUT2D eigenvalue weighted by atomic mass is 35.5. The summed E-state index contributed by atoms with van der Waals surface area (Å²) in [4.78, 5) is 27.6. The Morgan fingerprint density at radius 2 is 1.76 bits per heavy atom. The van der Waals surface area contributed by atoms with Gasteiger partial charge in [-0.05, 0) is 43.4 Å². The van der Waals surface area contributed by atoms with E-state index < -0.39 is 6.04 Å². The molecular formula is C24H31ClN2O2. The molecule has 2 rings (SSSR count). The van der Waals surface area contributed by atoms with E-state index in [1.807, 2.05) is 69.3 Å². The van der Waals surface area contributed by atoms with Crippen molar-refractivity contribution in [1.82, 2.24) is 10.2 Å². The normalized spacial score (nSPS) is 11.7. The van der Waals surface area contributed by atoms with Crippen LogP contribution in [0.1, 0.15) is 49.8 Å². The zero-order valence-electron chi connectivity index (χ0n) is 17.6. The van der Waals surface area contributed by atoms with Gasteiger partial charge in [0, 0.05) is 24.5 Å². The monoisotopic (exact) mass is 414 g/mol. The number of benzene rings is 2. The van der Waals surface area contributed by atoms with Crippen molar-refractivity contribution in [3.05, 3.63) is 70.2 Å². The summed E-state index contributed by atoms with van der Waals surface area (Å²) in [6.45, 7) is 6.91. The number of nitrogens with one attached hydrogen (secondary N) is 1. The van der Waals surface area contributed by atoms with Crippen LogP contribution in [0.4, 0.5) is 0 Å². The molecule has 1 atom stereocenters. The second-order valence-corrected chi connectivity index (χ2v) is 7.72. The fourth-order valence-corrected chi connectivity index (χ4v) is 3.44. The lowest BCUT2D eigenvalue weighted by Crippen LogP contribution is -2.49. The molecule has 0 aliphatic heterocycles. The van der Waals surface area contributed by atoms with Crippen LogP contribution in [-0.4, -0.2) is 29.3 Å². The van der Waals surface area contributed by atoms with Gasteiger partial charge in [-0.1, -0.05) is 73.5 Å². The third kappa shape index (κ3) is 6.90. The number of halogens is 1. The SMILES string of the molecule is CCCNC(=O)[C@H](CC)N(Cc1ccccc1Cl)C(=O)CCc1ccc(C)cc1. The molecule has 2 amide bonds. The minimum atomic E-state index is -0.511. The largest absolute Gasteiger partial charge is 0.354 e. The van der Waals surface area contributed by atoms with Gasteiger partial charge in [-0.25, -0.2) is 0 Å². The molecule has 0 aliphatic rings. The molecule has 29 heavy (non-hydrogen) atoms. The average molecular weight is 415 g/mol. The molecule has 156 valence electrons. The maximum absolute atomic E-state index is 13.2. The van der Waals surface area contributed by atoms with Crippen molar-refractivity contribution in [1.29, 1.82) is 0 Å². The highest BCUT2D eigenvalue weighted by Crippen LogP contribution is 2.21. The molecule has 2 aromatic rings. The third-order valence-electron chi connectivity index (χ3n) is 4.98. The van der Waals surface area contributed by atoms with Gasteiger partial charge in [0.25, 0.3) is 0 Å². The summed E-state index contributed by atoms with van der Waals surface area (Å²) in [6, 6.07) is 15.2. The van der Waals surface area contributed by atoms with Crippen LogP contribution in [0.25, 0.3) is 0 Å². The number of aryl methyl sites for hydroxylation is 2. The second-order valence-electron chi connectivity index (χ2n) is 7.31. The Morgan fingerprint density at radius 1 is 1.07 bits per heavy atom. The lowest BCUT2D eigenvalue weighted by Gasteiger charge is -2.31. The van der Waals surface area contributed by atoms with Gasteiger partial charge in [-0.15, -0.1) is 0 Å². The van der Waals surface area contributed by atoms with Gasteiger partial charge in [0.05, 0.1) is 0 Å². The molecule has 4 nitrogen and oxygen atoms in total. The van der Waals surface area contributed by atoms with E-state index in [9.17, 15) is 9.59 Å². The first-order valence-electron chi connectivity index (χ1n) is 10.3. The Bertz CT molecular complexity index is 805. The van der Waals surface area contributed by atoms with E-state index >= 15 is 0 Å². The maximum Gasteiger partial charge on any atom is 0.242 e. The molecule has 0 spiro atoms. The van der Waals surface area contributed by atoms with Crippen LogP contribution >= 0.6 is 11.6 Å². The van der Waals surface area contributed by atoms with Crippen molar-refractivity contribution in [2.24, 2.45) is 0 Å². The van der Waals surface area contributed by atoms with Crippen LogP contribution in [0.2, 0.25) is 5.02 Å². The number of carbonyl (C=O) groups is 2. The summed E-state index contributed by atoms with van der Waals surface area (Å²) in [6.07, 6.45) is 2.40. The van der Waals surface area contributed by atoms with E-state index in [2.05, 4.69) is 5.32 Å². The molecule has 5 heteroatoms. The van der Waals surface area contributed by atoms with Gasteiger partial charge in [0.15, 0.2) is 0 Å². The second kappa shape index (κ2) is 11.6. The van der Waals surface area contributed by atoms with Gasteiger partial charge in [-0.3, -0.25) is 9.59 Å². The molecule has 0 saturated carbocycles. The highest BCUT2D eigenvalue weighted by molar-refractivity contribution is 6.31. The van der Waals surface area contributed by atoms with Crippen molar-refractivity contribution in [3.8, 4) is 0 Å². The van der Waals surface area contributed by atoms with Crippen molar-refractivity contribution in [2.45, 2.75) is 59.0 Å². The molecule has 2 aromatic carbocycles. The lowest BCUT2D eigenvalue weighted by atomic mass is 10.0. The number of hydrogen-bond donors (Lipinski definition) is 1. The molecule has 0 aromatic heterocycles. The van der Waals surface area contributed by atoms with Crippen LogP contribution in [0.3, 0.4) is 0 Å². The first kappa shape index (κ1) is 23.0. The van der Waals surface area contributed by atoms with Crippen molar-refractivity contribution in [2.75, 3.05) is 6.54 Å². The third-order valence-corrected chi connectivity index (χ3v) is 5.35. The van der Waals surface area contributed by atoms with Gasteiger partial charge >= 0.3 is 0 Å². The van der Waals surface area contributed by atoms with Crippen LogP contribution in [-0.2, 0) is 22.6 Å². The van der Waals surface area contributed by atoms with Crippen LogP contribution < -0.4 is 5.32 Å². The van der Waals surface area contributed by atoms with Gasteiger partial charge in [-0.2, -0.15) is 0 Å². The van der Waals surface area contributed by atoms with Crippen LogP contribution in [0.15, 0.2) is 48.5 Å². The van der Waals surface area contributed by atoms with Crippen molar-refractivity contribution >= 4 is 23.4 Å². The van der Waals surface area contributed by atoms with E-state index in [1.54, 1.807) is 4.90 Å². The molecule has 0 aliphatic carbocycles.